The Morgan fingerprint density at radius 3 is 2.93 bits per heavy atom. The molecule has 1 fully saturated rings. The zero-order valence-electron chi connectivity index (χ0n) is 15.2. The van der Waals surface area contributed by atoms with Crippen molar-refractivity contribution in [3.8, 4) is 5.75 Å². The predicted octanol–water partition coefficient (Wildman–Crippen LogP) is 3.81. The number of rotatable bonds is 6. The summed E-state index contributed by atoms with van der Waals surface area (Å²) in [5.74, 6) is -0.555. The molecule has 1 aliphatic rings. The smallest absolute Gasteiger partial charge is 0.233 e. The lowest BCUT2D eigenvalue weighted by Crippen LogP contribution is -2.43. The molecule has 2 aromatic rings. The second-order valence-corrected chi connectivity index (χ2v) is 8.52. The minimum Gasteiger partial charge on any atom is -0.494 e. The first-order valence-corrected chi connectivity index (χ1v) is 10.5. The minimum atomic E-state index is -0.553. The first-order chi connectivity index (χ1) is 13.0. The van der Waals surface area contributed by atoms with Crippen molar-refractivity contribution >= 4 is 34.8 Å². The third-order valence-corrected chi connectivity index (χ3v) is 6.62. The number of halogens is 1. The van der Waals surface area contributed by atoms with E-state index in [1.165, 1.54) is 42.3 Å². The van der Waals surface area contributed by atoms with Crippen LogP contribution in [0.3, 0.4) is 0 Å². The maximum Gasteiger partial charge on any atom is 0.233 e. The maximum absolute atomic E-state index is 13.9. The molecule has 144 valence electrons. The number of Topliss-reactive ketones (excluding diaryl/α,β-unsaturated/α-hetero) is 1. The molecule has 3 rings (SSSR count). The summed E-state index contributed by atoms with van der Waals surface area (Å²) in [6.45, 7) is 2.95. The van der Waals surface area contributed by atoms with Gasteiger partial charge >= 0.3 is 0 Å². The Hall–Kier alpha value is -1.93. The van der Waals surface area contributed by atoms with E-state index in [1.807, 2.05) is 12.3 Å². The number of hydrogen-bond donors (Lipinski definition) is 0. The van der Waals surface area contributed by atoms with Gasteiger partial charge in [-0.1, -0.05) is 11.8 Å². The van der Waals surface area contributed by atoms with Gasteiger partial charge in [0.25, 0.3) is 0 Å². The normalized spacial score (nSPS) is 17.0. The highest BCUT2D eigenvalue weighted by atomic mass is 32.2. The van der Waals surface area contributed by atoms with Gasteiger partial charge in [0.15, 0.2) is 21.7 Å². The Bertz CT molecular complexity index is 840. The molecule has 1 amide bonds. The molecule has 5 nitrogen and oxygen atoms in total. The number of thiazole rings is 1. The van der Waals surface area contributed by atoms with Gasteiger partial charge in [-0.3, -0.25) is 9.59 Å². The Morgan fingerprint density at radius 2 is 2.26 bits per heavy atom. The van der Waals surface area contributed by atoms with E-state index in [1.54, 1.807) is 11.0 Å². The molecule has 0 bridgehead atoms. The van der Waals surface area contributed by atoms with Crippen LogP contribution in [0.2, 0.25) is 0 Å². The van der Waals surface area contributed by atoms with E-state index >= 15 is 0 Å². The molecule has 1 aromatic carbocycles. The SMILES string of the molecule is COc1ccc(C(=O)C2CCCN(C(=O)CSc3nc(C)cs3)C2)cc1F. The molecule has 8 heteroatoms. The minimum absolute atomic E-state index is 0.00580. The van der Waals surface area contributed by atoms with Gasteiger partial charge in [-0.2, -0.15) is 0 Å². The molecule has 0 N–H and O–H groups in total. The fraction of sp³-hybridized carbons (Fsp3) is 0.421. The Kier molecular flexibility index (Phi) is 6.49. The van der Waals surface area contributed by atoms with Gasteiger partial charge in [0.1, 0.15) is 0 Å². The number of likely N-dealkylation sites (tertiary alicyclic amines) is 1. The molecule has 1 unspecified atom stereocenters. The number of carbonyl (C=O) groups excluding carboxylic acids is 2. The summed E-state index contributed by atoms with van der Waals surface area (Å²) in [4.78, 5) is 31.3. The van der Waals surface area contributed by atoms with Crippen molar-refractivity contribution in [1.29, 1.82) is 0 Å². The van der Waals surface area contributed by atoms with Crippen LogP contribution >= 0.6 is 23.1 Å². The fourth-order valence-corrected chi connectivity index (χ4v) is 4.84. The van der Waals surface area contributed by atoms with Gasteiger partial charge in [-0.15, -0.1) is 11.3 Å². The van der Waals surface area contributed by atoms with Crippen molar-refractivity contribution < 1.29 is 18.7 Å². The summed E-state index contributed by atoms with van der Waals surface area (Å²) in [5, 5.41) is 1.95. The van der Waals surface area contributed by atoms with Crippen LogP contribution in [0.5, 0.6) is 5.75 Å². The van der Waals surface area contributed by atoms with Crippen LogP contribution in [0.15, 0.2) is 27.9 Å². The molecule has 27 heavy (non-hydrogen) atoms. The largest absolute Gasteiger partial charge is 0.494 e. The number of piperidine rings is 1. The molecular weight excluding hydrogens is 387 g/mol. The molecule has 0 radical (unpaired) electrons. The highest BCUT2D eigenvalue weighted by molar-refractivity contribution is 8.01. The molecule has 1 saturated heterocycles. The third kappa shape index (κ3) is 4.87. The summed E-state index contributed by atoms with van der Waals surface area (Å²) in [6.07, 6.45) is 1.47. The molecule has 1 aromatic heterocycles. The average Bonchev–Trinajstić information content (AvgIpc) is 3.10. The van der Waals surface area contributed by atoms with E-state index in [0.717, 1.165) is 16.5 Å². The third-order valence-electron chi connectivity index (χ3n) is 4.50. The number of aromatic nitrogens is 1. The van der Waals surface area contributed by atoms with Crippen LogP contribution in [-0.4, -0.2) is 47.5 Å². The molecule has 1 aliphatic heterocycles. The zero-order valence-corrected chi connectivity index (χ0v) is 16.9. The molecule has 1 atom stereocenters. The van der Waals surface area contributed by atoms with Crippen LogP contribution in [0.4, 0.5) is 4.39 Å². The lowest BCUT2D eigenvalue weighted by Gasteiger charge is -2.32. The van der Waals surface area contributed by atoms with Gasteiger partial charge in [0.2, 0.25) is 5.91 Å². The van der Waals surface area contributed by atoms with E-state index in [0.29, 0.717) is 30.8 Å². The molecule has 0 saturated carbocycles. The van der Waals surface area contributed by atoms with Crippen molar-refractivity contribution in [1.82, 2.24) is 9.88 Å². The fourth-order valence-electron chi connectivity index (χ4n) is 3.09. The number of methoxy groups -OCH3 is 1. The zero-order chi connectivity index (χ0) is 19.4. The first kappa shape index (κ1) is 19.8. The summed E-state index contributed by atoms with van der Waals surface area (Å²) >= 11 is 2.95. The molecular formula is C19H21FN2O3S2. The quantitative estimate of drug-likeness (QED) is 0.537. The van der Waals surface area contributed by atoms with Crippen molar-refractivity contribution in [3.63, 3.8) is 0 Å². The summed E-state index contributed by atoms with van der Waals surface area (Å²) in [7, 11) is 1.38. The van der Waals surface area contributed by atoms with Crippen LogP contribution < -0.4 is 4.74 Å². The summed E-state index contributed by atoms with van der Waals surface area (Å²) in [6, 6.07) is 4.25. The molecule has 0 spiro atoms. The number of ether oxygens (including phenoxy) is 1. The number of thioether (sulfide) groups is 1. The van der Waals surface area contributed by atoms with E-state index < -0.39 is 5.82 Å². The monoisotopic (exact) mass is 408 g/mol. The number of benzene rings is 1. The van der Waals surface area contributed by atoms with Gasteiger partial charge < -0.3 is 9.64 Å². The van der Waals surface area contributed by atoms with Gasteiger partial charge in [-0.05, 0) is 38.0 Å². The van der Waals surface area contributed by atoms with E-state index in [-0.39, 0.29) is 23.4 Å². The average molecular weight is 409 g/mol. The number of hydrogen-bond acceptors (Lipinski definition) is 6. The van der Waals surface area contributed by atoms with Crippen molar-refractivity contribution in [2.45, 2.75) is 24.1 Å². The summed E-state index contributed by atoms with van der Waals surface area (Å²) in [5.41, 5.74) is 1.27. The number of nitrogens with zero attached hydrogens (tertiary/aromatic N) is 2. The van der Waals surface area contributed by atoms with Crippen LogP contribution in [0.25, 0.3) is 0 Å². The standard InChI is InChI=1S/C19H21FN2O3S2/c1-12-10-26-19(21-12)27-11-17(23)22-7-3-4-14(9-22)18(24)13-5-6-16(25-2)15(20)8-13/h5-6,8,10,14H,3-4,7,9,11H2,1-2H3. The second-order valence-electron chi connectivity index (χ2n) is 6.44. The van der Waals surface area contributed by atoms with E-state index in [4.69, 9.17) is 4.74 Å². The van der Waals surface area contributed by atoms with Crippen LogP contribution in [0, 0.1) is 18.7 Å². The second kappa shape index (κ2) is 8.84. The van der Waals surface area contributed by atoms with Crippen LogP contribution in [-0.2, 0) is 4.79 Å². The van der Waals surface area contributed by atoms with Gasteiger partial charge in [0, 0.05) is 35.6 Å². The first-order valence-electron chi connectivity index (χ1n) is 8.68. The number of ketones is 1. The van der Waals surface area contributed by atoms with Crippen molar-refractivity contribution in [2.75, 3.05) is 26.0 Å². The van der Waals surface area contributed by atoms with Crippen molar-refractivity contribution in [2.24, 2.45) is 5.92 Å². The Balaban J connectivity index is 1.60. The number of amides is 1. The Morgan fingerprint density at radius 1 is 1.44 bits per heavy atom. The van der Waals surface area contributed by atoms with E-state index in [9.17, 15) is 14.0 Å². The van der Waals surface area contributed by atoms with E-state index in [2.05, 4.69) is 4.98 Å². The maximum atomic E-state index is 13.9. The number of carbonyl (C=O) groups is 2. The highest BCUT2D eigenvalue weighted by Crippen LogP contribution is 2.26. The molecule has 0 aliphatic carbocycles. The Labute approximate surface area is 165 Å². The topological polar surface area (TPSA) is 59.5 Å². The highest BCUT2D eigenvalue weighted by Gasteiger charge is 2.29. The number of aryl methyl sites for hydroxylation is 1. The lowest BCUT2D eigenvalue weighted by molar-refractivity contribution is -0.129. The van der Waals surface area contributed by atoms with Gasteiger partial charge in [-0.25, -0.2) is 9.37 Å². The van der Waals surface area contributed by atoms with Crippen molar-refractivity contribution in [3.05, 3.63) is 40.7 Å². The van der Waals surface area contributed by atoms with Crippen LogP contribution in [0.1, 0.15) is 28.9 Å². The van der Waals surface area contributed by atoms with Gasteiger partial charge in [0.05, 0.1) is 12.9 Å². The summed E-state index contributed by atoms with van der Waals surface area (Å²) < 4.78 is 19.7. The lowest BCUT2D eigenvalue weighted by atomic mass is 9.90. The molecule has 2 heterocycles. The predicted molar refractivity (Wildman–Crippen MR) is 104 cm³/mol.